The van der Waals surface area contributed by atoms with Crippen molar-refractivity contribution in [3.63, 3.8) is 0 Å². The zero-order chi connectivity index (χ0) is 13.1. The largest absolute Gasteiger partial charge is 0.388 e. The average Bonchev–Trinajstić information content (AvgIpc) is 2.62. The summed E-state index contributed by atoms with van der Waals surface area (Å²) in [5.41, 5.74) is 5.12. The predicted octanol–water partition coefficient (Wildman–Crippen LogP) is 4.04. The molecule has 98 valence electrons. The van der Waals surface area contributed by atoms with Crippen molar-refractivity contribution in [2.75, 3.05) is 0 Å². The summed E-state index contributed by atoms with van der Waals surface area (Å²) in [6.45, 7) is 0. The molecule has 0 radical (unpaired) electrons. The van der Waals surface area contributed by atoms with Crippen LogP contribution in [0.1, 0.15) is 47.6 Å². The van der Waals surface area contributed by atoms with Gasteiger partial charge in [0, 0.05) is 0 Å². The standard InChI is InChI=1S/C18H20O/c19-18-9-5-4-8-16-11-10-15(13-17(16)18)12-14-6-2-1-3-7-14/h1-3,6-7,10-11,13,18-19H,4-5,8-9,12H2. The number of aliphatic hydroxyl groups is 1. The van der Waals surface area contributed by atoms with Crippen LogP contribution >= 0.6 is 0 Å². The summed E-state index contributed by atoms with van der Waals surface area (Å²) in [7, 11) is 0. The van der Waals surface area contributed by atoms with Crippen molar-refractivity contribution < 1.29 is 5.11 Å². The third-order valence-electron chi connectivity index (χ3n) is 3.99. The number of hydrogen-bond donors (Lipinski definition) is 1. The van der Waals surface area contributed by atoms with Gasteiger partial charge in [-0.3, -0.25) is 0 Å². The van der Waals surface area contributed by atoms with Crippen LogP contribution in [0, 0.1) is 0 Å². The molecule has 1 nitrogen and oxygen atoms in total. The van der Waals surface area contributed by atoms with Crippen LogP contribution in [0.4, 0.5) is 0 Å². The number of aliphatic hydroxyl groups excluding tert-OH is 1. The van der Waals surface area contributed by atoms with Gasteiger partial charge in [-0.15, -0.1) is 0 Å². The molecule has 1 aliphatic rings. The lowest BCUT2D eigenvalue weighted by Gasteiger charge is -2.13. The molecule has 0 bridgehead atoms. The number of aryl methyl sites for hydroxylation is 1. The molecule has 2 aromatic carbocycles. The van der Waals surface area contributed by atoms with E-state index < -0.39 is 0 Å². The van der Waals surface area contributed by atoms with Gasteiger partial charge in [-0.1, -0.05) is 55.0 Å². The number of rotatable bonds is 2. The van der Waals surface area contributed by atoms with Crippen molar-refractivity contribution in [3.05, 3.63) is 70.8 Å². The Balaban J connectivity index is 1.88. The Morgan fingerprint density at radius 1 is 0.947 bits per heavy atom. The highest BCUT2D eigenvalue weighted by molar-refractivity contribution is 5.37. The van der Waals surface area contributed by atoms with Gasteiger partial charge in [-0.2, -0.15) is 0 Å². The molecule has 1 N–H and O–H groups in total. The van der Waals surface area contributed by atoms with E-state index in [2.05, 4.69) is 42.5 Å². The lowest BCUT2D eigenvalue weighted by atomic mass is 9.95. The maximum Gasteiger partial charge on any atom is 0.0792 e. The van der Waals surface area contributed by atoms with E-state index in [9.17, 15) is 5.11 Å². The molecule has 3 rings (SSSR count). The van der Waals surface area contributed by atoms with Gasteiger partial charge < -0.3 is 5.11 Å². The first-order valence-corrected chi connectivity index (χ1v) is 7.16. The molecule has 19 heavy (non-hydrogen) atoms. The Bertz CT molecular complexity index is 545. The summed E-state index contributed by atoms with van der Waals surface area (Å²) in [6, 6.07) is 17.1. The molecule has 1 heteroatoms. The van der Waals surface area contributed by atoms with Crippen LogP contribution in [0.3, 0.4) is 0 Å². The second-order valence-corrected chi connectivity index (χ2v) is 5.46. The Morgan fingerprint density at radius 2 is 1.79 bits per heavy atom. The molecule has 0 saturated carbocycles. The summed E-state index contributed by atoms with van der Waals surface area (Å²) in [4.78, 5) is 0. The lowest BCUT2D eigenvalue weighted by Crippen LogP contribution is -2.00. The van der Waals surface area contributed by atoms with E-state index in [1.54, 1.807) is 0 Å². The van der Waals surface area contributed by atoms with Gasteiger partial charge in [-0.25, -0.2) is 0 Å². The lowest BCUT2D eigenvalue weighted by molar-refractivity contribution is 0.166. The van der Waals surface area contributed by atoms with Crippen LogP contribution in [0.25, 0.3) is 0 Å². The zero-order valence-corrected chi connectivity index (χ0v) is 11.2. The second-order valence-electron chi connectivity index (χ2n) is 5.46. The van der Waals surface area contributed by atoms with Gasteiger partial charge >= 0.3 is 0 Å². The van der Waals surface area contributed by atoms with E-state index in [-0.39, 0.29) is 6.10 Å². The third-order valence-corrected chi connectivity index (χ3v) is 3.99. The van der Waals surface area contributed by atoms with Gasteiger partial charge in [0.15, 0.2) is 0 Å². The minimum absolute atomic E-state index is 0.270. The quantitative estimate of drug-likeness (QED) is 0.800. The predicted molar refractivity (Wildman–Crippen MR) is 78.2 cm³/mol. The fourth-order valence-corrected chi connectivity index (χ4v) is 2.93. The first kappa shape index (κ1) is 12.4. The molecule has 0 fully saturated rings. The van der Waals surface area contributed by atoms with Crippen LogP contribution in [-0.4, -0.2) is 5.11 Å². The maximum absolute atomic E-state index is 10.2. The molecule has 2 aromatic rings. The highest BCUT2D eigenvalue weighted by Gasteiger charge is 2.16. The van der Waals surface area contributed by atoms with E-state index in [1.807, 2.05) is 6.07 Å². The molecule has 0 spiro atoms. The summed E-state index contributed by atoms with van der Waals surface area (Å²) in [5.74, 6) is 0. The molecule has 0 aliphatic heterocycles. The third kappa shape index (κ3) is 2.87. The molecule has 1 unspecified atom stereocenters. The van der Waals surface area contributed by atoms with Crippen LogP contribution in [0.15, 0.2) is 48.5 Å². The summed E-state index contributed by atoms with van der Waals surface area (Å²) < 4.78 is 0. The number of fused-ring (bicyclic) bond motifs is 1. The molecular weight excluding hydrogens is 232 g/mol. The second kappa shape index (κ2) is 5.58. The summed E-state index contributed by atoms with van der Waals surface area (Å²) >= 11 is 0. The van der Waals surface area contributed by atoms with E-state index in [0.717, 1.165) is 31.2 Å². The molecular formula is C18H20O. The smallest absolute Gasteiger partial charge is 0.0792 e. The van der Waals surface area contributed by atoms with Crippen molar-refractivity contribution in [2.45, 2.75) is 38.2 Å². The number of benzene rings is 2. The zero-order valence-electron chi connectivity index (χ0n) is 11.2. The van der Waals surface area contributed by atoms with E-state index in [4.69, 9.17) is 0 Å². The van der Waals surface area contributed by atoms with Crippen LogP contribution < -0.4 is 0 Å². The molecule has 0 heterocycles. The molecule has 1 aliphatic carbocycles. The fraction of sp³-hybridized carbons (Fsp3) is 0.333. The first-order chi connectivity index (χ1) is 9.33. The Hall–Kier alpha value is -1.60. The van der Waals surface area contributed by atoms with Gasteiger partial charge in [0.25, 0.3) is 0 Å². The van der Waals surface area contributed by atoms with Crippen molar-refractivity contribution in [1.82, 2.24) is 0 Å². The Morgan fingerprint density at radius 3 is 2.63 bits per heavy atom. The van der Waals surface area contributed by atoms with Crippen molar-refractivity contribution in [3.8, 4) is 0 Å². The normalized spacial score (nSPS) is 18.7. The topological polar surface area (TPSA) is 20.2 Å². The van der Waals surface area contributed by atoms with E-state index in [1.165, 1.54) is 23.1 Å². The van der Waals surface area contributed by atoms with Crippen LogP contribution in [0.2, 0.25) is 0 Å². The highest BCUT2D eigenvalue weighted by Crippen LogP contribution is 2.29. The minimum Gasteiger partial charge on any atom is -0.388 e. The maximum atomic E-state index is 10.2. The Labute approximate surface area is 114 Å². The fourth-order valence-electron chi connectivity index (χ4n) is 2.93. The monoisotopic (exact) mass is 252 g/mol. The molecule has 0 aromatic heterocycles. The molecule has 0 amide bonds. The molecule has 0 saturated heterocycles. The SMILES string of the molecule is OC1CCCCc2ccc(Cc3ccccc3)cc21. The summed E-state index contributed by atoms with van der Waals surface area (Å²) in [5, 5.41) is 10.2. The van der Waals surface area contributed by atoms with Gasteiger partial charge in [0.2, 0.25) is 0 Å². The number of hydrogen-bond acceptors (Lipinski definition) is 1. The van der Waals surface area contributed by atoms with E-state index >= 15 is 0 Å². The van der Waals surface area contributed by atoms with Crippen molar-refractivity contribution in [2.24, 2.45) is 0 Å². The van der Waals surface area contributed by atoms with Gasteiger partial charge in [0.1, 0.15) is 0 Å². The highest BCUT2D eigenvalue weighted by atomic mass is 16.3. The summed E-state index contributed by atoms with van der Waals surface area (Å²) in [6.07, 6.45) is 5.01. The van der Waals surface area contributed by atoms with Crippen molar-refractivity contribution in [1.29, 1.82) is 0 Å². The molecule has 1 atom stereocenters. The first-order valence-electron chi connectivity index (χ1n) is 7.16. The van der Waals surface area contributed by atoms with Gasteiger partial charge in [-0.05, 0) is 47.9 Å². The van der Waals surface area contributed by atoms with Crippen molar-refractivity contribution >= 4 is 0 Å². The van der Waals surface area contributed by atoms with E-state index in [0.29, 0.717) is 0 Å². The van der Waals surface area contributed by atoms with Crippen LogP contribution in [-0.2, 0) is 12.8 Å². The van der Waals surface area contributed by atoms with Crippen LogP contribution in [0.5, 0.6) is 0 Å². The average molecular weight is 252 g/mol. The minimum atomic E-state index is -0.270. The Kier molecular flexibility index (Phi) is 3.65. The van der Waals surface area contributed by atoms with Gasteiger partial charge in [0.05, 0.1) is 6.10 Å².